The normalized spacial score (nSPS) is 10.9. The van der Waals surface area contributed by atoms with Crippen LogP contribution in [0.1, 0.15) is 0 Å². The third-order valence-electron chi connectivity index (χ3n) is 1.57. The summed E-state index contributed by atoms with van der Waals surface area (Å²) in [6, 6.07) is 4.28. The molecule has 0 radical (unpaired) electrons. The van der Waals surface area contributed by atoms with Crippen LogP contribution >= 0.6 is 0 Å². The summed E-state index contributed by atoms with van der Waals surface area (Å²) in [6.07, 6.45) is 1.35. The number of primary sulfonamides is 1. The number of benzene rings is 1. The lowest BCUT2D eigenvalue weighted by molar-refractivity contribution is 0.598. The molecule has 14 heavy (non-hydrogen) atoms. The molecule has 1 rings (SSSR count). The first-order valence-electron chi connectivity index (χ1n) is 3.75. The van der Waals surface area contributed by atoms with E-state index in [1.54, 1.807) is 0 Å². The summed E-state index contributed by atoms with van der Waals surface area (Å²) in [5, 5.41) is 7.64. The van der Waals surface area contributed by atoms with Crippen molar-refractivity contribution >= 4 is 21.4 Å². The molecule has 0 bridgehead atoms. The Morgan fingerprint density at radius 1 is 1.43 bits per heavy atom. The van der Waals surface area contributed by atoms with Crippen molar-refractivity contribution in [2.24, 2.45) is 5.14 Å². The quantitative estimate of drug-likeness (QED) is 0.636. The third kappa shape index (κ3) is 2.24. The maximum Gasteiger partial charge on any atom is 0.240 e. The number of sulfonamides is 1. The second kappa shape index (κ2) is 3.69. The number of anilines is 2. The van der Waals surface area contributed by atoms with Crippen LogP contribution in [0.5, 0.6) is 0 Å². The fourth-order valence-electron chi connectivity index (χ4n) is 1.02. The maximum atomic E-state index is 11.1. The zero-order chi connectivity index (χ0) is 10.8. The molecule has 1 aromatic carbocycles. The van der Waals surface area contributed by atoms with Gasteiger partial charge in [0.25, 0.3) is 0 Å². The molecule has 1 aromatic rings. The number of rotatable bonds is 3. The second-order valence-electron chi connectivity index (χ2n) is 2.65. The first-order chi connectivity index (χ1) is 6.45. The molecule has 0 atom stereocenters. The molecule has 0 heterocycles. The number of nitrogen functional groups attached to an aromatic ring is 1. The minimum absolute atomic E-state index is 0.00778. The number of hydrogen-bond acceptors (Lipinski definition) is 4. The molecule has 0 amide bonds. The van der Waals surface area contributed by atoms with E-state index in [1.807, 2.05) is 0 Å². The SMILES string of the molecule is C=CNc1cc(N)ccc1S(N)(=O)=O. The van der Waals surface area contributed by atoms with E-state index in [-0.39, 0.29) is 4.90 Å². The van der Waals surface area contributed by atoms with E-state index in [4.69, 9.17) is 10.9 Å². The second-order valence-corrected chi connectivity index (χ2v) is 4.18. The van der Waals surface area contributed by atoms with Gasteiger partial charge in [-0.05, 0) is 24.4 Å². The largest absolute Gasteiger partial charge is 0.399 e. The molecule has 0 saturated carbocycles. The van der Waals surface area contributed by atoms with E-state index in [1.165, 1.54) is 24.4 Å². The number of nitrogens with two attached hydrogens (primary N) is 2. The maximum absolute atomic E-state index is 11.1. The van der Waals surface area contributed by atoms with Gasteiger partial charge in [0.1, 0.15) is 4.90 Å². The van der Waals surface area contributed by atoms with Crippen molar-refractivity contribution in [3.8, 4) is 0 Å². The molecule has 5 nitrogen and oxygen atoms in total. The van der Waals surface area contributed by atoms with Crippen molar-refractivity contribution in [2.45, 2.75) is 4.90 Å². The standard InChI is InChI=1S/C8H11N3O2S/c1-2-11-7-5-6(9)3-4-8(7)14(10,12)13/h2-5,11H,1,9H2,(H2,10,12,13). The molecule has 0 aliphatic carbocycles. The van der Waals surface area contributed by atoms with Gasteiger partial charge in [-0.25, -0.2) is 13.6 Å². The fourth-order valence-corrected chi connectivity index (χ4v) is 1.70. The molecule has 5 N–H and O–H groups in total. The van der Waals surface area contributed by atoms with Crippen molar-refractivity contribution < 1.29 is 8.42 Å². The zero-order valence-electron chi connectivity index (χ0n) is 7.40. The molecule has 0 fully saturated rings. The highest BCUT2D eigenvalue weighted by Crippen LogP contribution is 2.22. The van der Waals surface area contributed by atoms with Crippen LogP contribution in [0.2, 0.25) is 0 Å². The van der Waals surface area contributed by atoms with Crippen molar-refractivity contribution in [3.05, 3.63) is 31.0 Å². The van der Waals surface area contributed by atoms with Gasteiger partial charge in [0, 0.05) is 5.69 Å². The molecule has 0 aliphatic rings. The molecule has 0 spiro atoms. The van der Waals surface area contributed by atoms with Crippen molar-refractivity contribution in [1.82, 2.24) is 0 Å². The summed E-state index contributed by atoms with van der Waals surface area (Å²) in [5.41, 5.74) is 6.26. The van der Waals surface area contributed by atoms with Gasteiger partial charge in [-0.3, -0.25) is 0 Å². The predicted octanol–water partition coefficient (Wildman–Crippen LogP) is 0.472. The average molecular weight is 213 g/mol. The van der Waals surface area contributed by atoms with Gasteiger partial charge < -0.3 is 11.1 Å². The lowest BCUT2D eigenvalue weighted by Crippen LogP contribution is -2.14. The van der Waals surface area contributed by atoms with Crippen molar-refractivity contribution in [1.29, 1.82) is 0 Å². The van der Waals surface area contributed by atoms with Crippen molar-refractivity contribution in [2.75, 3.05) is 11.1 Å². The topological polar surface area (TPSA) is 98.2 Å². The molecule has 0 aliphatic heterocycles. The lowest BCUT2D eigenvalue weighted by Gasteiger charge is -2.07. The smallest absolute Gasteiger partial charge is 0.240 e. The Morgan fingerprint density at radius 3 is 2.57 bits per heavy atom. The molecule has 76 valence electrons. The first-order valence-corrected chi connectivity index (χ1v) is 5.29. The Balaban J connectivity index is 3.36. The Kier molecular flexibility index (Phi) is 2.78. The zero-order valence-corrected chi connectivity index (χ0v) is 8.21. The highest BCUT2D eigenvalue weighted by Gasteiger charge is 2.12. The molecule has 0 unspecified atom stereocenters. The van der Waals surface area contributed by atoms with Gasteiger partial charge in [0.2, 0.25) is 10.0 Å². The van der Waals surface area contributed by atoms with Crippen LogP contribution in [-0.4, -0.2) is 8.42 Å². The summed E-state index contributed by atoms with van der Waals surface area (Å²) >= 11 is 0. The van der Waals surface area contributed by atoms with Crippen LogP contribution in [-0.2, 0) is 10.0 Å². The fraction of sp³-hybridized carbons (Fsp3) is 0. The van der Waals surface area contributed by atoms with Crippen LogP contribution in [0.15, 0.2) is 35.9 Å². The minimum Gasteiger partial charge on any atom is -0.399 e. The van der Waals surface area contributed by atoms with E-state index in [0.717, 1.165) is 0 Å². The van der Waals surface area contributed by atoms with Crippen LogP contribution in [0.3, 0.4) is 0 Å². The highest BCUT2D eigenvalue weighted by molar-refractivity contribution is 7.89. The van der Waals surface area contributed by atoms with E-state index < -0.39 is 10.0 Å². The van der Waals surface area contributed by atoms with E-state index in [9.17, 15) is 8.42 Å². The van der Waals surface area contributed by atoms with Crippen LogP contribution < -0.4 is 16.2 Å². The summed E-state index contributed by atoms with van der Waals surface area (Å²) in [5.74, 6) is 0. The molecular formula is C8H11N3O2S. The molecule has 6 heteroatoms. The first kappa shape index (κ1) is 10.6. The van der Waals surface area contributed by atoms with E-state index in [2.05, 4.69) is 11.9 Å². The van der Waals surface area contributed by atoms with Gasteiger partial charge in [0.15, 0.2) is 0 Å². The Hall–Kier alpha value is -1.53. The van der Waals surface area contributed by atoms with Gasteiger partial charge in [0.05, 0.1) is 5.69 Å². The van der Waals surface area contributed by atoms with Gasteiger partial charge in [-0.2, -0.15) is 0 Å². The minimum atomic E-state index is -3.74. The molecule has 0 saturated heterocycles. The summed E-state index contributed by atoms with van der Waals surface area (Å²) in [6.45, 7) is 3.42. The Labute approximate surface area is 82.5 Å². The summed E-state index contributed by atoms with van der Waals surface area (Å²) in [7, 11) is -3.74. The van der Waals surface area contributed by atoms with Crippen molar-refractivity contribution in [3.63, 3.8) is 0 Å². The molecular weight excluding hydrogens is 202 g/mol. The van der Waals surface area contributed by atoms with Crippen LogP contribution in [0.25, 0.3) is 0 Å². The van der Waals surface area contributed by atoms with Gasteiger partial charge in [-0.15, -0.1) is 0 Å². The summed E-state index contributed by atoms with van der Waals surface area (Å²) in [4.78, 5) is -0.00778. The average Bonchev–Trinajstić information content (AvgIpc) is 2.02. The lowest BCUT2D eigenvalue weighted by atomic mass is 10.3. The van der Waals surface area contributed by atoms with Gasteiger partial charge in [-0.1, -0.05) is 6.58 Å². The Morgan fingerprint density at radius 2 is 2.07 bits per heavy atom. The highest BCUT2D eigenvalue weighted by atomic mass is 32.2. The van der Waals surface area contributed by atoms with E-state index >= 15 is 0 Å². The van der Waals surface area contributed by atoms with Gasteiger partial charge >= 0.3 is 0 Å². The number of nitrogens with one attached hydrogen (secondary N) is 1. The number of hydrogen-bond donors (Lipinski definition) is 3. The third-order valence-corrected chi connectivity index (χ3v) is 2.54. The predicted molar refractivity (Wildman–Crippen MR) is 56.0 cm³/mol. The van der Waals surface area contributed by atoms with E-state index in [0.29, 0.717) is 11.4 Å². The monoisotopic (exact) mass is 213 g/mol. The summed E-state index contributed by atoms with van der Waals surface area (Å²) < 4.78 is 22.2. The van der Waals surface area contributed by atoms with Crippen LogP contribution in [0, 0.1) is 0 Å². The van der Waals surface area contributed by atoms with Crippen LogP contribution in [0.4, 0.5) is 11.4 Å². The molecule has 0 aromatic heterocycles. The Bertz CT molecular complexity index is 454.